The van der Waals surface area contributed by atoms with E-state index in [0.29, 0.717) is 32.3 Å². The topological polar surface area (TPSA) is 94.8 Å². The van der Waals surface area contributed by atoms with Crippen LogP contribution in [0, 0.1) is 0 Å². The molecule has 9 heteroatoms. The lowest BCUT2D eigenvalue weighted by atomic mass is 10.2. The van der Waals surface area contributed by atoms with Crippen molar-refractivity contribution in [2.75, 3.05) is 38.8 Å². The normalized spacial score (nSPS) is 13.8. The summed E-state index contributed by atoms with van der Waals surface area (Å²) in [5, 5.41) is 15.4. The van der Waals surface area contributed by atoms with Crippen molar-refractivity contribution in [1.82, 2.24) is 20.1 Å². The van der Waals surface area contributed by atoms with Crippen LogP contribution in [0.5, 0.6) is 5.75 Å². The summed E-state index contributed by atoms with van der Waals surface area (Å²) < 4.78 is 18.5. The number of hydrogen-bond acceptors (Lipinski definition) is 6. The third kappa shape index (κ3) is 7.80. The molecular weight excluding hydrogens is 408 g/mol. The fourth-order valence-corrected chi connectivity index (χ4v) is 3.43. The minimum Gasteiger partial charge on any atom is -0.491 e. The highest BCUT2D eigenvalue weighted by molar-refractivity contribution is 5.93. The summed E-state index contributed by atoms with van der Waals surface area (Å²) in [5.41, 5.74) is 0.937. The number of aryl methyl sites for hydroxylation is 1. The fraction of sp³-hybridized carbons (Fsp3) is 0.609. The lowest BCUT2D eigenvalue weighted by Crippen LogP contribution is -2.32. The molecule has 0 spiro atoms. The SMILES string of the molecule is COCCOCCCNC(=NCc1nnc2n1CCCC2)Nc1ccc(OC(C)C)cc1. The average Bonchev–Trinajstić information content (AvgIpc) is 3.20. The molecule has 1 aliphatic rings. The van der Waals surface area contributed by atoms with Crippen molar-refractivity contribution in [3.63, 3.8) is 0 Å². The molecule has 2 heterocycles. The Hall–Kier alpha value is -2.65. The highest BCUT2D eigenvalue weighted by Crippen LogP contribution is 2.17. The van der Waals surface area contributed by atoms with E-state index >= 15 is 0 Å². The number of aliphatic imine (C=N–C) groups is 1. The lowest BCUT2D eigenvalue weighted by molar-refractivity contribution is 0.0699. The van der Waals surface area contributed by atoms with E-state index in [1.807, 2.05) is 38.1 Å². The number of ether oxygens (including phenoxy) is 3. The molecule has 0 bridgehead atoms. The molecule has 9 nitrogen and oxygen atoms in total. The quantitative estimate of drug-likeness (QED) is 0.295. The third-order valence-electron chi connectivity index (χ3n) is 4.99. The number of benzene rings is 1. The summed E-state index contributed by atoms with van der Waals surface area (Å²) in [6.07, 6.45) is 4.35. The molecule has 0 saturated heterocycles. The Bertz CT molecular complexity index is 835. The van der Waals surface area contributed by atoms with Gasteiger partial charge in [0.2, 0.25) is 0 Å². The maximum absolute atomic E-state index is 5.73. The number of hydrogen-bond donors (Lipinski definition) is 2. The van der Waals surface area contributed by atoms with Crippen LogP contribution in [0.4, 0.5) is 5.69 Å². The van der Waals surface area contributed by atoms with E-state index in [2.05, 4.69) is 25.4 Å². The van der Waals surface area contributed by atoms with E-state index in [9.17, 15) is 0 Å². The molecule has 32 heavy (non-hydrogen) atoms. The van der Waals surface area contributed by atoms with Crippen molar-refractivity contribution in [2.45, 2.75) is 58.7 Å². The highest BCUT2D eigenvalue weighted by atomic mass is 16.5. The Morgan fingerprint density at radius 1 is 1.12 bits per heavy atom. The first-order chi connectivity index (χ1) is 15.7. The summed E-state index contributed by atoms with van der Waals surface area (Å²) in [7, 11) is 1.67. The van der Waals surface area contributed by atoms with Crippen molar-refractivity contribution in [1.29, 1.82) is 0 Å². The average molecular weight is 445 g/mol. The second-order valence-corrected chi connectivity index (χ2v) is 8.01. The lowest BCUT2D eigenvalue weighted by Gasteiger charge is -2.15. The number of nitrogens with one attached hydrogen (secondary N) is 2. The smallest absolute Gasteiger partial charge is 0.196 e. The Morgan fingerprint density at radius 2 is 1.97 bits per heavy atom. The van der Waals surface area contributed by atoms with Gasteiger partial charge in [0.25, 0.3) is 0 Å². The van der Waals surface area contributed by atoms with Gasteiger partial charge in [-0.05, 0) is 57.4 Å². The Labute approximate surface area is 190 Å². The van der Waals surface area contributed by atoms with Gasteiger partial charge in [-0.2, -0.15) is 0 Å². The Morgan fingerprint density at radius 3 is 2.75 bits per heavy atom. The number of methoxy groups -OCH3 is 1. The molecular formula is C23H36N6O3. The number of fused-ring (bicyclic) bond motifs is 1. The monoisotopic (exact) mass is 444 g/mol. The summed E-state index contributed by atoms with van der Waals surface area (Å²) in [4.78, 5) is 4.77. The van der Waals surface area contributed by atoms with E-state index in [1.165, 1.54) is 12.8 Å². The molecule has 0 unspecified atom stereocenters. The molecule has 0 atom stereocenters. The van der Waals surface area contributed by atoms with Gasteiger partial charge < -0.3 is 29.4 Å². The molecule has 2 N–H and O–H groups in total. The van der Waals surface area contributed by atoms with Crippen LogP contribution in [-0.2, 0) is 29.0 Å². The van der Waals surface area contributed by atoms with Crippen LogP contribution in [0.3, 0.4) is 0 Å². The largest absolute Gasteiger partial charge is 0.491 e. The zero-order valence-corrected chi connectivity index (χ0v) is 19.5. The number of rotatable bonds is 12. The van der Waals surface area contributed by atoms with Gasteiger partial charge in [0.05, 0.1) is 19.3 Å². The van der Waals surface area contributed by atoms with Crippen LogP contribution in [0.25, 0.3) is 0 Å². The Kier molecular flexibility index (Phi) is 9.77. The summed E-state index contributed by atoms with van der Waals surface area (Å²) in [5.74, 6) is 3.52. The van der Waals surface area contributed by atoms with Crippen molar-refractivity contribution in [2.24, 2.45) is 4.99 Å². The molecule has 1 aromatic heterocycles. The number of guanidine groups is 1. The molecule has 1 aliphatic heterocycles. The molecule has 0 radical (unpaired) electrons. The maximum atomic E-state index is 5.73. The predicted molar refractivity (Wildman–Crippen MR) is 125 cm³/mol. The maximum Gasteiger partial charge on any atom is 0.196 e. The molecule has 3 rings (SSSR count). The first kappa shape index (κ1) is 24.0. The summed E-state index contributed by atoms with van der Waals surface area (Å²) >= 11 is 0. The van der Waals surface area contributed by atoms with Crippen LogP contribution in [0.2, 0.25) is 0 Å². The molecule has 2 aromatic rings. The van der Waals surface area contributed by atoms with Crippen molar-refractivity contribution in [3.8, 4) is 5.75 Å². The van der Waals surface area contributed by atoms with E-state index < -0.39 is 0 Å². The standard InChI is InChI=1S/C23H36N6O3/c1-18(2)32-20-10-8-19(9-11-20)26-23(24-12-6-14-31-16-15-30-3)25-17-22-28-27-21-7-4-5-13-29(21)22/h8-11,18H,4-7,12-17H2,1-3H3,(H2,24,25,26). The second-order valence-electron chi connectivity index (χ2n) is 8.01. The first-order valence-electron chi connectivity index (χ1n) is 11.5. The minimum absolute atomic E-state index is 0.146. The van der Waals surface area contributed by atoms with Gasteiger partial charge in [-0.25, -0.2) is 4.99 Å². The van der Waals surface area contributed by atoms with Crippen molar-refractivity contribution < 1.29 is 14.2 Å². The van der Waals surface area contributed by atoms with Gasteiger partial charge in [-0.3, -0.25) is 0 Å². The molecule has 0 amide bonds. The van der Waals surface area contributed by atoms with E-state index in [0.717, 1.165) is 49.0 Å². The number of aromatic nitrogens is 3. The van der Waals surface area contributed by atoms with Gasteiger partial charge in [-0.1, -0.05) is 0 Å². The van der Waals surface area contributed by atoms with E-state index in [1.54, 1.807) is 7.11 Å². The highest BCUT2D eigenvalue weighted by Gasteiger charge is 2.15. The van der Waals surface area contributed by atoms with Crippen LogP contribution >= 0.6 is 0 Å². The second kappa shape index (κ2) is 13.0. The van der Waals surface area contributed by atoms with Gasteiger partial charge >= 0.3 is 0 Å². The van der Waals surface area contributed by atoms with E-state index in [-0.39, 0.29) is 6.10 Å². The summed E-state index contributed by atoms with van der Waals surface area (Å²) in [6, 6.07) is 7.89. The Balaban J connectivity index is 1.59. The van der Waals surface area contributed by atoms with E-state index in [4.69, 9.17) is 19.2 Å². The first-order valence-corrected chi connectivity index (χ1v) is 11.5. The van der Waals surface area contributed by atoms with Gasteiger partial charge in [-0.15, -0.1) is 10.2 Å². The van der Waals surface area contributed by atoms with Gasteiger partial charge in [0, 0.05) is 38.9 Å². The van der Waals surface area contributed by atoms with Gasteiger partial charge in [0.1, 0.15) is 18.1 Å². The fourth-order valence-electron chi connectivity index (χ4n) is 3.43. The molecule has 176 valence electrons. The molecule has 1 aromatic carbocycles. The zero-order valence-electron chi connectivity index (χ0n) is 19.5. The van der Waals surface area contributed by atoms with Gasteiger partial charge in [0.15, 0.2) is 11.8 Å². The van der Waals surface area contributed by atoms with Crippen LogP contribution < -0.4 is 15.4 Å². The van der Waals surface area contributed by atoms with Crippen LogP contribution in [0.1, 0.15) is 44.8 Å². The van der Waals surface area contributed by atoms with Crippen LogP contribution in [0.15, 0.2) is 29.3 Å². The van der Waals surface area contributed by atoms with Crippen molar-refractivity contribution in [3.05, 3.63) is 35.9 Å². The van der Waals surface area contributed by atoms with Crippen LogP contribution in [-0.4, -0.2) is 60.3 Å². The summed E-state index contributed by atoms with van der Waals surface area (Å²) in [6.45, 7) is 8.11. The third-order valence-corrected chi connectivity index (χ3v) is 4.99. The minimum atomic E-state index is 0.146. The molecule has 0 saturated carbocycles. The predicted octanol–water partition coefficient (Wildman–Crippen LogP) is 3.01. The molecule has 0 aliphatic carbocycles. The van der Waals surface area contributed by atoms with Crippen molar-refractivity contribution >= 4 is 11.6 Å². The molecule has 0 fully saturated rings. The zero-order chi connectivity index (χ0) is 22.6. The number of anilines is 1. The number of nitrogens with zero attached hydrogens (tertiary/aromatic N) is 4.